The minimum absolute atomic E-state index is 0.140. The van der Waals surface area contributed by atoms with Crippen LogP contribution in [0.1, 0.15) is 13.3 Å². The normalized spacial score (nSPS) is 11.2. The van der Waals surface area contributed by atoms with Gasteiger partial charge in [0.2, 0.25) is 0 Å². The second-order valence-electron chi connectivity index (χ2n) is 8.46. The predicted molar refractivity (Wildman–Crippen MR) is 136 cm³/mol. The zero-order chi connectivity index (χ0) is 24.2. The summed E-state index contributed by atoms with van der Waals surface area (Å²) in [6, 6.07) is 16.4. The van der Waals surface area contributed by atoms with Crippen molar-refractivity contribution in [1.82, 2.24) is 24.0 Å². The van der Waals surface area contributed by atoms with Crippen LogP contribution in [0, 0.1) is 0 Å². The molecule has 5 aromatic rings. The van der Waals surface area contributed by atoms with E-state index in [9.17, 15) is 4.79 Å². The minimum Gasteiger partial charge on any atom is -0.481 e. The number of aromatic nitrogens is 4. The number of nitrogens with one attached hydrogen (secondary N) is 2. The van der Waals surface area contributed by atoms with Crippen LogP contribution in [0.3, 0.4) is 0 Å². The van der Waals surface area contributed by atoms with Crippen LogP contribution in [0.5, 0.6) is 0 Å². The maximum absolute atomic E-state index is 12.8. The van der Waals surface area contributed by atoms with E-state index in [0.717, 1.165) is 59.7 Å². The number of hydrogen-bond acceptors (Lipinski definition) is 3. The average molecular weight is 460 g/mol. The van der Waals surface area contributed by atoms with Crippen LogP contribution in [-0.4, -0.2) is 55.7 Å². The molecule has 34 heavy (non-hydrogen) atoms. The Balaban J connectivity index is 0.000000636. The van der Waals surface area contributed by atoms with Crippen molar-refractivity contribution in [3.8, 4) is 16.9 Å². The van der Waals surface area contributed by atoms with Gasteiger partial charge in [0, 0.05) is 59.4 Å². The Morgan fingerprint density at radius 3 is 2.41 bits per heavy atom. The summed E-state index contributed by atoms with van der Waals surface area (Å²) < 4.78 is 4.07. The molecular weight excluding hydrogens is 430 g/mol. The highest BCUT2D eigenvalue weighted by molar-refractivity contribution is 5.96. The Hall–Kier alpha value is -4.04. The van der Waals surface area contributed by atoms with E-state index in [1.54, 1.807) is 4.57 Å². The SMILES string of the molecule is CC(=O)O.CN(C)CCCn1cc(-c2c[nH]c(=O)n2-c2c[nH]c3ccccc23)c2ccccc21. The molecule has 0 radical (unpaired) electrons. The average Bonchev–Trinajstić information content (AvgIpc) is 3.48. The lowest BCUT2D eigenvalue weighted by atomic mass is 10.1. The first-order valence-corrected chi connectivity index (χ1v) is 11.2. The number of carbonyl (C=O) groups is 1. The summed E-state index contributed by atoms with van der Waals surface area (Å²) in [6.07, 6.45) is 6.96. The van der Waals surface area contributed by atoms with Crippen molar-refractivity contribution in [2.24, 2.45) is 0 Å². The van der Waals surface area contributed by atoms with E-state index in [2.05, 4.69) is 64.0 Å². The van der Waals surface area contributed by atoms with Gasteiger partial charge in [0.15, 0.2) is 0 Å². The van der Waals surface area contributed by atoms with Gasteiger partial charge >= 0.3 is 5.69 Å². The molecule has 2 aromatic carbocycles. The van der Waals surface area contributed by atoms with Crippen molar-refractivity contribution < 1.29 is 9.90 Å². The third-order valence-electron chi connectivity index (χ3n) is 5.65. The number of H-pyrrole nitrogens is 2. The molecule has 0 spiro atoms. The standard InChI is InChI=1S/C24H25N5O.C2H4O2/c1-27(2)12-7-13-28-16-19(17-8-4-6-11-21(17)28)23-15-26-24(30)29(23)22-14-25-20-10-5-3-9-18(20)22;1-2(3)4/h3-6,8-11,14-16,25H,7,12-13H2,1-2H3,(H,26,30);1H3,(H,3,4). The zero-order valence-corrected chi connectivity index (χ0v) is 19.6. The number of aryl methyl sites for hydroxylation is 1. The Kier molecular flexibility index (Phi) is 6.70. The molecule has 0 aliphatic heterocycles. The van der Waals surface area contributed by atoms with Gasteiger partial charge in [-0.25, -0.2) is 4.79 Å². The fraction of sp³-hybridized carbons (Fsp3) is 0.231. The molecule has 0 fully saturated rings. The van der Waals surface area contributed by atoms with Crippen LogP contribution >= 0.6 is 0 Å². The van der Waals surface area contributed by atoms with Crippen molar-refractivity contribution in [3.05, 3.63) is 77.6 Å². The number of aromatic amines is 2. The van der Waals surface area contributed by atoms with Crippen molar-refractivity contribution >= 4 is 27.8 Å². The number of fused-ring (bicyclic) bond motifs is 2. The molecule has 3 aromatic heterocycles. The summed E-state index contributed by atoms with van der Waals surface area (Å²) >= 11 is 0. The number of carboxylic acid groups (broad SMARTS) is 1. The minimum atomic E-state index is -0.833. The monoisotopic (exact) mass is 459 g/mol. The van der Waals surface area contributed by atoms with Crippen LogP contribution in [0.15, 0.2) is 71.9 Å². The number of carboxylic acids is 1. The second-order valence-corrected chi connectivity index (χ2v) is 8.46. The molecule has 3 heterocycles. The lowest BCUT2D eigenvalue weighted by Crippen LogP contribution is -2.15. The van der Waals surface area contributed by atoms with Crippen molar-refractivity contribution in [3.63, 3.8) is 0 Å². The predicted octanol–water partition coefficient (Wildman–Crippen LogP) is 4.31. The first-order chi connectivity index (χ1) is 16.4. The summed E-state index contributed by atoms with van der Waals surface area (Å²) in [7, 11) is 4.19. The number of rotatable bonds is 6. The van der Waals surface area contributed by atoms with Gasteiger partial charge in [-0.15, -0.1) is 0 Å². The van der Waals surface area contributed by atoms with Gasteiger partial charge in [0.05, 0.1) is 11.4 Å². The van der Waals surface area contributed by atoms with Crippen LogP contribution in [0.2, 0.25) is 0 Å². The van der Waals surface area contributed by atoms with Crippen LogP contribution in [-0.2, 0) is 11.3 Å². The molecule has 3 N–H and O–H groups in total. The number of nitrogens with zero attached hydrogens (tertiary/aromatic N) is 3. The molecule has 0 bridgehead atoms. The van der Waals surface area contributed by atoms with Crippen molar-refractivity contribution in [1.29, 1.82) is 0 Å². The van der Waals surface area contributed by atoms with Crippen LogP contribution in [0.4, 0.5) is 0 Å². The largest absolute Gasteiger partial charge is 0.481 e. The quantitative estimate of drug-likeness (QED) is 0.352. The lowest BCUT2D eigenvalue weighted by molar-refractivity contribution is -0.134. The molecule has 0 aliphatic rings. The summed E-state index contributed by atoms with van der Waals surface area (Å²) in [5, 5.41) is 9.59. The second kappa shape index (κ2) is 9.84. The fourth-order valence-corrected chi connectivity index (χ4v) is 4.24. The van der Waals surface area contributed by atoms with Gasteiger partial charge in [-0.05, 0) is 39.2 Å². The molecule has 0 unspecified atom stereocenters. The number of imidazole rings is 1. The summed E-state index contributed by atoms with van der Waals surface area (Å²) in [5.74, 6) is -0.833. The summed E-state index contributed by atoms with van der Waals surface area (Å²) in [5.41, 5.74) is 4.84. The third-order valence-corrected chi connectivity index (χ3v) is 5.65. The molecule has 0 saturated heterocycles. The Morgan fingerprint density at radius 1 is 1.00 bits per heavy atom. The van der Waals surface area contributed by atoms with E-state index in [1.807, 2.05) is 36.7 Å². The maximum Gasteiger partial charge on any atom is 0.330 e. The van der Waals surface area contributed by atoms with Gasteiger partial charge in [-0.2, -0.15) is 0 Å². The highest BCUT2D eigenvalue weighted by Crippen LogP contribution is 2.32. The van der Waals surface area contributed by atoms with Gasteiger partial charge < -0.3 is 24.5 Å². The van der Waals surface area contributed by atoms with E-state index in [4.69, 9.17) is 9.90 Å². The Morgan fingerprint density at radius 2 is 1.68 bits per heavy atom. The van der Waals surface area contributed by atoms with Crippen molar-refractivity contribution in [2.45, 2.75) is 19.9 Å². The molecule has 0 aliphatic carbocycles. The van der Waals surface area contributed by atoms with Gasteiger partial charge in [-0.1, -0.05) is 36.4 Å². The Bertz CT molecular complexity index is 1480. The highest BCUT2D eigenvalue weighted by atomic mass is 16.4. The van der Waals surface area contributed by atoms with Gasteiger partial charge in [0.1, 0.15) is 0 Å². The van der Waals surface area contributed by atoms with Crippen LogP contribution in [0.25, 0.3) is 38.8 Å². The first kappa shape index (κ1) is 23.1. The number of para-hydroxylation sites is 2. The number of benzene rings is 2. The topological polar surface area (TPSA) is 99.0 Å². The maximum atomic E-state index is 12.8. The molecule has 0 atom stereocenters. The number of hydrogen-bond donors (Lipinski definition) is 3. The smallest absolute Gasteiger partial charge is 0.330 e. The van der Waals surface area contributed by atoms with E-state index in [-0.39, 0.29) is 5.69 Å². The molecule has 8 nitrogen and oxygen atoms in total. The zero-order valence-electron chi connectivity index (χ0n) is 19.6. The lowest BCUT2D eigenvalue weighted by Gasteiger charge is -2.10. The van der Waals surface area contributed by atoms with Gasteiger partial charge in [0.25, 0.3) is 5.97 Å². The number of aliphatic carboxylic acids is 1. The van der Waals surface area contributed by atoms with E-state index in [1.165, 1.54) is 5.52 Å². The third kappa shape index (κ3) is 4.67. The Labute approximate surface area is 197 Å². The van der Waals surface area contributed by atoms with E-state index >= 15 is 0 Å². The first-order valence-electron chi connectivity index (χ1n) is 11.2. The molecule has 0 saturated carbocycles. The molecule has 5 rings (SSSR count). The van der Waals surface area contributed by atoms with Gasteiger partial charge in [-0.3, -0.25) is 9.36 Å². The van der Waals surface area contributed by atoms with Crippen molar-refractivity contribution in [2.75, 3.05) is 20.6 Å². The molecule has 0 amide bonds. The molecule has 176 valence electrons. The van der Waals surface area contributed by atoms with E-state index in [0.29, 0.717) is 0 Å². The summed E-state index contributed by atoms with van der Waals surface area (Å²) in [6.45, 7) is 3.05. The highest BCUT2D eigenvalue weighted by Gasteiger charge is 2.18. The fourth-order valence-electron chi connectivity index (χ4n) is 4.24. The molecule has 8 heteroatoms. The summed E-state index contributed by atoms with van der Waals surface area (Å²) in [4.78, 5) is 30.2. The van der Waals surface area contributed by atoms with E-state index < -0.39 is 5.97 Å². The molecular formula is C26H29N5O3. The van der Waals surface area contributed by atoms with Crippen LogP contribution < -0.4 is 5.69 Å².